The van der Waals surface area contributed by atoms with Gasteiger partial charge in [-0.2, -0.15) is 0 Å². The van der Waals surface area contributed by atoms with Gasteiger partial charge in [0.1, 0.15) is 11.6 Å². The van der Waals surface area contributed by atoms with Crippen molar-refractivity contribution in [3.05, 3.63) is 35.4 Å². The van der Waals surface area contributed by atoms with E-state index in [2.05, 4.69) is 27.0 Å². The van der Waals surface area contributed by atoms with Gasteiger partial charge in [-0.1, -0.05) is 12.0 Å². The Hall–Kier alpha value is -2.01. The summed E-state index contributed by atoms with van der Waals surface area (Å²) in [7, 11) is 0. The Bertz CT molecular complexity index is 647. The van der Waals surface area contributed by atoms with E-state index in [1.54, 1.807) is 0 Å². The van der Waals surface area contributed by atoms with Crippen molar-refractivity contribution in [3.8, 4) is 12.3 Å². The number of nitrogens with one attached hydrogen (secondary N) is 3. The number of carbonyl (C=O) groups excluding carboxylic acids is 1. The summed E-state index contributed by atoms with van der Waals surface area (Å²) in [4.78, 5) is 14.6. The average molecular weight is 348 g/mol. The maximum atomic E-state index is 13.9. The van der Waals surface area contributed by atoms with E-state index in [-0.39, 0.29) is 23.6 Å². The normalized spacial score (nSPS) is 24.8. The van der Waals surface area contributed by atoms with Crippen LogP contribution in [0.15, 0.2) is 18.2 Å². The maximum Gasteiger partial charge on any atom is 0.224 e. The number of terminal acetylenes is 1. The molecule has 1 aromatic rings. The van der Waals surface area contributed by atoms with Crippen molar-refractivity contribution in [3.63, 3.8) is 0 Å². The van der Waals surface area contributed by atoms with Gasteiger partial charge in [0.15, 0.2) is 0 Å². The Morgan fingerprint density at radius 2 is 1.96 bits per heavy atom. The fourth-order valence-electron chi connectivity index (χ4n) is 3.46. The van der Waals surface area contributed by atoms with E-state index in [1.807, 2.05) is 0 Å². The molecule has 0 aromatic heterocycles. The Labute approximate surface area is 146 Å². The number of hydrazine groups is 1. The van der Waals surface area contributed by atoms with Crippen LogP contribution in [0.1, 0.15) is 30.9 Å². The van der Waals surface area contributed by atoms with Crippen LogP contribution in [0.25, 0.3) is 0 Å². The number of amides is 1. The summed E-state index contributed by atoms with van der Waals surface area (Å²) < 4.78 is 27.7. The van der Waals surface area contributed by atoms with Crippen molar-refractivity contribution in [2.45, 2.75) is 31.5 Å². The molecule has 0 bridgehead atoms. The Balaban J connectivity index is 1.52. The zero-order chi connectivity index (χ0) is 17.8. The summed E-state index contributed by atoms with van der Waals surface area (Å²) in [5.74, 6) is 1.35. The van der Waals surface area contributed by atoms with E-state index in [1.165, 1.54) is 18.2 Å². The summed E-state index contributed by atoms with van der Waals surface area (Å²) in [6, 6.07) is 3.28. The highest BCUT2D eigenvalue weighted by Gasteiger charge is 2.32. The number of carbonyl (C=O) groups is 1. The minimum atomic E-state index is -0.591. The van der Waals surface area contributed by atoms with Crippen LogP contribution >= 0.6 is 0 Å². The molecule has 0 radical (unpaired) electrons. The monoisotopic (exact) mass is 348 g/mol. The van der Waals surface area contributed by atoms with Gasteiger partial charge in [-0.3, -0.25) is 9.69 Å². The SMILES string of the molecule is C#CCN1CCC(C(=O)NC2CC(c3c(F)cccc3F)NN2)CC1. The van der Waals surface area contributed by atoms with Crippen molar-refractivity contribution in [2.24, 2.45) is 5.92 Å². The molecule has 1 amide bonds. The standard InChI is InChI=1S/C18H22F2N4O/c1-2-8-24-9-6-12(7-10-24)18(25)21-16-11-15(22-23-16)17-13(19)4-3-5-14(17)20/h1,3-5,12,15-16,22-23H,6-11H2,(H,21,25). The maximum absolute atomic E-state index is 13.9. The van der Waals surface area contributed by atoms with Gasteiger partial charge in [-0.25, -0.2) is 19.6 Å². The number of nitrogens with zero attached hydrogens (tertiary/aromatic N) is 1. The molecule has 2 unspecified atom stereocenters. The Morgan fingerprint density at radius 1 is 1.28 bits per heavy atom. The van der Waals surface area contributed by atoms with Crippen LogP contribution in [-0.4, -0.2) is 36.6 Å². The number of hydrogen-bond acceptors (Lipinski definition) is 4. The zero-order valence-corrected chi connectivity index (χ0v) is 13.9. The molecule has 2 atom stereocenters. The van der Waals surface area contributed by atoms with Gasteiger partial charge in [0.05, 0.1) is 18.8 Å². The smallest absolute Gasteiger partial charge is 0.224 e. The summed E-state index contributed by atoms with van der Waals surface area (Å²) in [6.45, 7) is 2.22. The predicted molar refractivity (Wildman–Crippen MR) is 89.9 cm³/mol. The average Bonchev–Trinajstić information content (AvgIpc) is 3.03. The van der Waals surface area contributed by atoms with Crippen molar-refractivity contribution < 1.29 is 13.6 Å². The largest absolute Gasteiger partial charge is 0.339 e. The fraction of sp³-hybridized carbons (Fsp3) is 0.500. The fourth-order valence-corrected chi connectivity index (χ4v) is 3.46. The highest BCUT2D eigenvalue weighted by molar-refractivity contribution is 5.79. The topological polar surface area (TPSA) is 56.4 Å². The van der Waals surface area contributed by atoms with Crippen molar-refractivity contribution in [1.82, 2.24) is 21.1 Å². The van der Waals surface area contributed by atoms with Crippen LogP contribution in [0.4, 0.5) is 8.78 Å². The molecule has 5 nitrogen and oxygen atoms in total. The lowest BCUT2D eigenvalue weighted by Crippen LogP contribution is -2.48. The van der Waals surface area contributed by atoms with Gasteiger partial charge in [0, 0.05) is 17.9 Å². The Kier molecular flexibility index (Phi) is 5.63. The van der Waals surface area contributed by atoms with Gasteiger partial charge in [-0.15, -0.1) is 6.42 Å². The third-order valence-corrected chi connectivity index (χ3v) is 4.84. The van der Waals surface area contributed by atoms with Gasteiger partial charge in [-0.05, 0) is 38.1 Å². The summed E-state index contributed by atoms with van der Waals surface area (Å²) >= 11 is 0. The number of rotatable bonds is 4. The molecule has 134 valence electrons. The lowest BCUT2D eigenvalue weighted by molar-refractivity contribution is -0.127. The number of benzene rings is 1. The van der Waals surface area contributed by atoms with Crippen LogP contribution in [-0.2, 0) is 4.79 Å². The molecule has 1 aromatic carbocycles. The van der Waals surface area contributed by atoms with E-state index in [0.717, 1.165) is 25.9 Å². The van der Waals surface area contributed by atoms with Crippen LogP contribution in [0.2, 0.25) is 0 Å². The van der Waals surface area contributed by atoms with Crippen molar-refractivity contribution in [2.75, 3.05) is 19.6 Å². The second-order valence-corrected chi connectivity index (χ2v) is 6.53. The third kappa shape index (κ3) is 4.15. The third-order valence-electron chi connectivity index (χ3n) is 4.84. The first kappa shape index (κ1) is 17.8. The summed E-state index contributed by atoms with van der Waals surface area (Å²) in [5.41, 5.74) is 5.76. The summed E-state index contributed by atoms with van der Waals surface area (Å²) in [6.07, 6.45) is 6.84. The highest BCUT2D eigenvalue weighted by Crippen LogP contribution is 2.26. The molecule has 0 aliphatic carbocycles. The minimum absolute atomic E-state index is 0.00524. The van der Waals surface area contributed by atoms with E-state index in [4.69, 9.17) is 6.42 Å². The quantitative estimate of drug-likeness (QED) is 0.718. The predicted octanol–water partition coefficient (Wildman–Crippen LogP) is 1.29. The number of piperidine rings is 1. The van der Waals surface area contributed by atoms with Gasteiger partial charge in [0.2, 0.25) is 5.91 Å². The van der Waals surface area contributed by atoms with Gasteiger partial charge < -0.3 is 5.32 Å². The molecule has 0 spiro atoms. The van der Waals surface area contributed by atoms with Crippen molar-refractivity contribution >= 4 is 5.91 Å². The highest BCUT2D eigenvalue weighted by atomic mass is 19.1. The van der Waals surface area contributed by atoms with Gasteiger partial charge in [0.25, 0.3) is 0 Å². The van der Waals surface area contributed by atoms with Crippen LogP contribution < -0.4 is 16.2 Å². The molecule has 2 heterocycles. The molecule has 2 saturated heterocycles. The lowest BCUT2D eigenvalue weighted by atomic mass is 9.95. The van der Waals surface area contributed by atoms with Crippen molar-refractivity contribution in [1.29, 1.82) is 0 Å². The lowest BCUT2D eigenvalue weighted by Gasteiger charge is -2.30. The molecule has 0 saturated carbocycles. The van der Waals surface area contributed by atoms with Crippen LogP contribution in [0, 0.1) is 29.9 Å². The first-order valence-corrected chi connectivity index (χ1v) is 8.49. The van der Waals surface area contributed by atoms with Crippen LogP contribution in [0.5, 0.6) is 0 Å². The zero-order valence-electron chi connectivity index (χ0n) is 13.9. The second-order valence-electron chi connectivity index (χ2n) is 6.53. The van der Waals surface area contributed by atoms with E-state index in [0.29, 0.717) is 13.0 Å². The Morgan fingerprint density at radius 3 is 2.60 bits per heavy atom. The molecule has 3 rings (SSSR count). The van der Waals surface area contributed by atoms with Gasteiger partial charge >= 0.3 is 0 Å². The summed E-state index contributed by atoms with van der Waals surface area (Å²) in [5, 5.41) is 2.92. The molecule has 7 heteroatoms. The molecule has 2 aliphatic heterocycles. The molecular formula is C18H22F2N4O. The molecule has 2 fully saturated rings. The first-order chi connectivity index (χ1) is 12.1. The minimum Gasteiger partial charge on any atom is -0.339 e. The van der Waals surface area contributed by atoms with E-state index < -0.39 is 17.7 Å². The number of likely N-dealkylation sites (tertiary alicyclic amines) is 1. The molecule has 25 heavy (non-hydrogen) atoms. The molecule has 2 aliphatic rings. The van der Waals surface area contributed by atoms with Crippen LogP contribution in [0.3, 0.4) is 0 Å². The van der Waals surface area contributed by atoms with E-state index in [9.17, 15) is 13.6 Å². The second kappa shape index (κ2) is 7.91. The molecular weight excluding hydrogens is 326 g/mol. The number of hydrogen-bond donors (Lipinski definition) is 3. The molecule has 3 N–H and O–H groups in total. The number of halogens is 2. The van der Waals surface area contributed by atoms with E-state index >= 15 is 0 Å². The first-order valence-electron chi connectivity index (χ1n) is 8.49.